The van der Waals surface area contributed by atoms with Crippen LogP contribution in [0.3, 0.4) is 0 Å². The maximum Gasteiger partial charge on any atom is 0.472 e. The van der Waals surface area contributed by atoms with E-state index in [-0.39, 0.29) is 32.3 Å². The molecule has 0 saturated carbocycles. The first-order valence-electron chi connectivity index (χ1n) is 28.1. The molecule has 0 fully saturated rings. The molecule has 0 aromatic heterocycles. The maximum atomic E-state index is 12.7. The molecule has 68 heavy (non-hydrogen) atoms. The van der Waals surface area contributed by atoms with Crippen molar-refractivity contribution in [3.05, 3.63) is 85.1 Å². The van der Waals surface area contributed by atoms with Crippen LogP contribution < -0.4 is 5.73 Å². The quantitative estimate of drug-likeness (QED) is 0.0268. The number of unbranched alkanes of at least 4 members (excludes halogenated alkanes) is 26. The largest absolute Gasteiger partial charge is 0.472 e. The summed E-state index contributed by atoms with van der Waals surface area (Å²) in [5.74, 6) is -0.338. The van der Waals surface area contributed by atoms with Crippen molar-refractivity contribution in [1.29, 1.82) is 0 Å². The van der Waals surface area contributed by atoms with Gasteiger partial charge in [0.15, 0.2) is 0 Å². The highest BCUT2D eigenvalue weighted by Crippen LogP contribution is 2.43. The van der Waals surface area contributed by atoms with E-state index in [1.807, 2.05) is 0 Å². The topological polar surface area (TPSA) is 117 Å². The molecule has 3 N–H and O–H groups in total. The molecule has 0 aliphatic carbocycles. The first-order valence-corrected chi connectivity index (χ1v) is 29.6. The van der Waals surface area contributed by atoms with Gasteiger partial charge in [0.25, 0.3) is 0 Å². The fraction of sp³-hybridized carbons (Fsp3) is 0.746. The SMILES string of the molecule is CC/C=C\C/C=C\C/C=C\C/C=C\C/C=C\C/C=C\C/C=C\CCCCCCOCC(COP(=O)(O)OCCN)OC(=O)CCCCCCCCCCCCCCCCCCCCCCCCC. The van der Waals surface area contributed by atoms with Crippen LogP contribution in [-0.2, 0) is 27.9 Å². The molecule has 0 heterocycles. The van der Waals surface area contributed by atoms with Crippen molar-refractivity contribution in [3.63, 3.8) is 0 Å². The predicted octanol–water partition coefficient (Wildman–Crippen LogP) is 18.0. The summed E-state index contributed by atoms with van der Waals surface area (Å²) >= 11 is 0. The van der Waals surface area contributed by atoms with Crippen molar-refractivity contribution in [2.75, 3.05) is 33.0 Å². The number of hydrogen-bond donors (Lipinski definition) is 2. The van der Waals surface area contributed by atoms with Gasteiger partial charge < -0.3 is 20.1 Å². The van der Waals surface area contributed by atoms with Crippen LogP contribution in [0, 0.1) is 0 Å². The fourth-order valence-electron chi connectivity index (χ4n) is 7.74. The average Bonchev–Trinajstić information content (AvgIpc) is 3.33. The summed E-state index contributed by atoms with van der Waals surface area (Å²) in [5.41, 5.74) is 5.40. The molecule has 2 atom stereocenters. The van der Waals surface area contributed by atoms with Crippen LogP contribution in [0.2, 0.25) is 0 Å². The molecule has 0 bridgehead atoms. The molecule has 0 amide bonds. The van der Waals surface area contributed by atoms with Crippen LogP contribution >= 0.6 is 7.82 Å². The Morgan fingerprint density at radius 2 is 0.824 bits per heavy atom. The molecular weight excluding hydrogens is 866 g/mol. The zero-order valence-corrected chi connectivity index (χ0v) is 45.0. The summed E-state index contributed by atoms with van der Waals surface area (Å²) in [5, 5.41) is 0. The minimum atomic E-state index is -4.30. The van der Waals surface area contributed by atoms with Crippen LogP contribution in [0.15, 0.2) is 85.1 Å². The monoisotopic (exact) mass is 972 g/mol. The first-order chi connectivity index (χ1) is 33.4. The second kappa shape index (κ2) is 55.6. The number of carbonyl (C=O) groups excluding carboxylic acids is 1. The number of esters is 1. The normalized spacial score (nSPS) is 13.9. The second-order valence-electron chi connectivity index (χ2n) is 18.4. The Balaban J connectivity index is 3.97. The summed E-state index contributed by atoms with van der Waals surface area (Å²) in [4.78, 5) is 22.7. The summed E-state index contributed by atoms with van der Waals surface area (Å²) in [7, 11) is -4.30. The number of carbonyl (C=O) groups is 1. The zero-order valence-electron chi connectivity index (χ0n) is 44.1. The van der Waals surface area contributed by atoms with Crippen LogP contribution in [0.5, 0.6) is 0 Å². The number of rotatable bonds is 53. The molecule has 2 unspecified atom stereocenters. The molecule has 0 rings (SSSR count). The van der Waals surface area contributed by atoms with Crippen molar-refractivity contribution < 1.29 is 32.8 Å². The van der Waals surface area contributed by atoms with E-state index in [4.69, 9.17) is 24.3 Å². The highest BCUT2D eigenvalue weighted by molar-refractivity contribution is 7.47. The third-order valence-electron chi connectivity index (χ3n) is 11.8. The summed E-state index contributed by atoms with van der Waals surface area (Å²) in [6.07, 6.45) is 73.5. The van der Waals surface area contributed by atoms with Gasteiger partial charge in [0, 0.05) is 19.6 Å². The van der Waals surface area contributed by atoms with E-state index in [9.17, 15) is 14.3 Å². The van der Waals surface area contributed by atoms with Gasteiger partial charge in [-0.1, -0.05) is 253 Å². The Morgan fingerprint density at radius 3 is 1.24 bits per heavy atom. The first kappa shape index (κ1) is 65.7. The maximum absolute atomic E-state index is 12.7. The minimum Gasteiger partial charge on any atom is -0.457 e. The van der Waals surface area contributed by atoms with Gasteiger partial charge >= 0.3 is 13.8 Å². The Morgan fingerprint density at radius 1 is 0.456 bits per heavy atom. The van der Waals surface area contributed by atoms with E-state index in [2.05, 4.69) is 98.9 Å². The molecule has 8 nitrogen and oxygen atoms in total. The molecule has 0 spiro atoms. The molecule has 0 saturated heterocycles. The molecule has 0 aromatic rings. The van der Waals surface area contributed by atoms with Crippen LogP contribution in [-0.4, -0.2) is 49.9 Å². The molecule has 9 heteroatoms. The number of hydrogen-bond acceptors (Lipinski definition) is 7. The number of ether oxygens (including phenoxy) is 2. The van der Waals surface area contributed by atoms with Gasteiger partial charge in [0.05, 0.1) is 19.8 Å². The third kappa shape index (κ3) is 54.6. The van der Waals surface area contributed by atoms with Crippen molar-refractivity contribution in [2.24, 2.45) is 5.73 Å². The van der Waals surface area contributed by atoms with E-state index in [0.717, 1.165) is 96.3 Å². The Labute approximate surface area is 419 Å². The number of allylic oxidation sites excluding steroid dienone is 14. The lowest BCUT2D eigenvalue weighted by atomic mass is 10.0. The molecule has 394 valence electrons. The summed E-state index contributed by atoms with van der Waals surface area (Å²) in [6, 6.07) is 0. The van der Waals surface area contributed by atoms with Crippen LogP contribution in [0.4, 0.5) is 0 Å². The van der Waals surface area contributed by atoms with Gasteiger partial charge in [-0.25, -0.2) is 4.57 Å². The van der Waals surface area contributed by atoms with Crippen molar-refractivity contribution in [2.45, 2.75) is 251 Å². The van der Waals surface area contributed by atoms with E-state index in [1.54, 1.807) is 0 Å². The van der Waals surface area contributed by atoms with Crippen LogP contribution in [0.1, 0.15) is 245 Å². The van der Waals surface area contributed by atoms with Gasteiger partial charge in [-0.05, 0) is 70.6 Å². The highest BCUT2D eigenvalue weighted by atomic mass is 31.2. The molecule has 0 aliphatic heterocycles. The number of phosphoric ester groups is 1. The third-order valence-corrected chi connectivity index (χ3v) is 12.8. The Hall–Kier alpha value is -2.32. The lowest BCUT2D eigenvalue weighted by molar-refractivity contribution is -0.154. The van der Waals surface area contributed by atoms with Gasteiger partial charge in [0.2, 0.25) is 0 Å². The second-order valence-corrected chi connectivity index (χ2v) is 19.9. The van der Waals surface area contributed by atoms with E-state index >= 15 is 0 Å². The lowest BCUT2D eigenvalue weighted by Gasteiger charge is -2.20. The molecular formula is C59H106NO7P. The summed E-state index contributed by atoms with van der Waals surface area (Å²) in [6.45, 7) is 4.77. The molecule has 0 radical (unpaired) electrons. The smallest absolute Gasteiger partial charge is 0.457 e. The number of nitrogens with two attached hydrogens (primary N) is 1. The zero-order chi connectivity index (χ0) is 49.4. The van der Waals surface area contributed by atoms with Gasteiger partial charge in [0.1, 0.15) is 6.10 Å². The van der Waals surface area contributed by atoms with E-state index in [1.165, 1.54) is 128 Å². The fourth-order valence-corrected chi connectivity index (χ4v) is 8.51. The predicted molar refractivity (Wildman–Crippen MR) is 293 cm³/mol. The average molecular weight is 972 g/mol. The van der Waals surface area contributed by atoms with Crippen molar-refractivity contribution in [1.82, 2.24) is 0 Å². The van der Waals surface area contributed by atoms with Gasteiger partial charge in [-0.2, -0.15) is 0 Å². The summed E-state index contributed by atoms with van der Waals surface area (Å²) < 4.78 is 33.6. The van der Waals surface area contributed by atoms with E-state index in [0.29, 0.717) is 13.0 Å². The minimum absolute atomic E-state index is 0.0929. The highest BCUT2D eigenvalue weighted by Gasteiger charge is 2.25. The molecule has 0 aliphatic rings. The van der Waals surface area contributed by atoms with E-state index < -0.39 is 13.9 Å². The Bertz CT molecular complexity index is 1320. The Kier molecular flexibility index (Phi) is 53.7. The lowest BCUT2D eigenvalue weighted by Crippen LogP contribution is -2.28. The van der Waals surface area contributed by atoms with Gasteiger partial charge in [-0.3, -0.25) is 13.8 Å². The van der Waals surface area contributed by atoms with Crippen molar-refractivity contribution in [3.8, 4) is 0 Å². The van der Waals surface area contributed by atoms with Crippen LogP contribution in [0.25, 0.3) is 0 Å². The van der Waals surface area contributed by atoms with Gasteiger partial charge in [-0.15, -0.1) is 0 Å². The molecule has 0 aromatic carbocycles. The standard InChI is InChI=1S/C59H106NO7P/c1-3-5-7-9-11-13-15-17-19-21-23-25-27-28-29-31-33-35-37-39-41-43-45-47-49-51-54-64-56-58(57-66-68(62,63)65-55-53-60)67-59(61)52-50-48-46-44-42-40-38-36-34-32-30-26-24-22-20-18-16-14-12-10-8-6-4-2/h5,7,11,13,17,19,23,25,28-29,33,35,39,41,58H,3-4,6,8-10,12,14-16,18,20-22,24,26-27,30-32,34,36-38,40,42-57,60H2,1-2H3,(H,62,63)/b7-5-,13-11-,19-17-,25-23-,29-28-,35-33-,41-39-. The number of phosphoric acid groups is 1. The van der Waals surface area contributed by atoms with Crippen molar-refractivity contribution >= 4 is 13.8 Å².